The first-order valence-electron chi connectivity index (χ1n) is 5.73. The van der Waals surface area contributed by atoms with Crippen molar-refractivity contribution in [2.24, 2.45) is 0 Å². The van der Waals surface area contributed by atoms with E-state index in [1.54, 1.807) is 6.92 Å². The molecule has 0 bridgehead atoms. The average Bonchev–Trinajstić information content (AvgIpc) is 2.34. The molecule has 0 fully saturated rings. The zero-order valence-electron chi connectivity index (χ0n) is 9.74. The van der Waals surface area contributed by atoms with E-state index in [2.05, 4.69) is 17.4 Å². The summed E-state index contributed by atoms with van der Waals surface area (Å²) in [5.41, 5.74) is 1.27. The Kier molecular flexibility index (Phi) is 6.26. The molecule has 3 heteroatoms. The van der Waals surface area contributed by atoms with Crippen LogP contribution >= 0.6 is 0 Å². The molecule has 0 unspecified atom stereocenters. The standard InChI is InChI=1S/C13H19NO2/c1-2-13(15)16-10-6-9-14-11-12-7-4-3-5-8-12/h3-5,7-8,14H,2,6,9-11H2,1H3. The summed E-state index contributed by atoms with van der Waals surface area (Å²) >= 11 is 0. The average molecular weight is 221 g/mol. The van der Waals surface area contributed by atoms with Gasteiger partial charge in [-0.05, 0) is 18.5 Å². The first kappa shape index (κ1) is 12.7. The molecular weight excluding hydrogens is 202 g/mol. The monoisotopic (exact) mass is 221 g/mol. The molecule has 16 heavy (non-hydrogen) atoms. The van der Waals surface area contributed by atoms with Gasteiger partial charge in [-0.3, -0.25) is 4.79 Å². The summed E-state index contributed by atoms with van der Waals surface area (Å²) in [5, 5.41) is 3.30. The van der Waals surface area contributed by atoms with E-state index in [9.17, 15) is 4.79 Å². The molecule has 3 nitrogen and oxygen atoms in total. The van der Waals surface area contributed by atoms with Gasteiger partial charge in [0.15, 0.2) is 0 Å². The summed E-state index contributed by atoms with van der Waals surface area (Å²) in [6.07, 6.45) is 1.32. The second kappa shape index (κ2) is 7.88. The smallest absolute Gasteiger partial charge is 0.305 e. The lowest BCUT2D eigenvalue weighted by atomic mass is 10.2. The summed E-state index contributed by atoms with van der Waals surface area (Å²) in [5.74, 6) is -0.122. The SMILES string of the molecule is CCC(=O)OCCCNCc1ccccc1. The van der Waals surface area contributed by atoms with Crippen LogP contribution in [0, 0.1) is 0 Å². The first-order valence-corrected chi connectivity index (χ1v) is 5.73. The summed E-state index contributed by atoms with van der Waals surface area (Å²) in [4.78, 5) is 10.8. The highest BCUT2D eigenvalue weighted by Gasteiger charge is 1.96. The summed E-state index contributed by atoms with van der Waals surface area (Å²) < 4.78 is 4.96. The summed E-state index contributed by atoms with van der Waals surface area (Å²) in [6, 6.07) is 10.2. The predicted octanol–water partition coefficient (Wildman–Crippen LogP) is 2.12. The van der Waals surface area contributed by atoms with Crippen molar-refractivity contribution in [2.45, 2.75) is 26.3 Å². The van der Waals surface area contributed by atoms with Crippen molar-refractivity contribution < 1.29 is 9.53 Å². The highest BCUT2D eigenvalue weighted by molar-refractivity contribution is 5.68. The van der Waals surface area contributed by atoms with Crippen molar-refractivity contribution in [3.63, 3.8) is 0 Å². The molecule has 0 aliphatic rings. The molecule has 0 radical (unpaired) electrons. The minimum atomic E-state index is -0.122. The van der Waals surface area contributed by atoms with Gasteiger partial charge >= 0.3 is 5.97 Å². The fraction of sp³-hybridized carbons (Fsp3) is 0.462. The van der Waals surface area contributed by atoms with Crippen LogP contribution in [-0.4, -0.2) is 19.1 Å². The Morgan fingerprint density at radius 2 is 2.06 bits per heavy atom. The van der Waals surface area contributed by atoms with Crippen LogP contribution in [0.25, 0.3) is 0 Å². The molecule has 0 heterocycles. The number of hydrogen-bond acceptors (Lipinski definition) is 3. The Labute approximate surface area is 96.8 Å². The van der Waals surface area contributed by atoms with Gasteiger partial charge in [0.05, 0.1) is 6.61 Å². The Bertz CT molecular complexity index is 298. The number of ether oxygens (including phenoxy) is 1. The molecule has 0 aromatic heterocycles. The summed E-state index contributed by atoms with van der Waals surface area (Å²) in [7, 11) is 0. The van der Waals surface area contributed by atoms with Crippen molar-refractivity contribution in [1.82, 2.24) is 5.32 Å². The van der Waals surface area contributed by atoms with Crippen LogP contribution < -0.4 is 5.32 Å². The molecule has 1 aromatic carbocycles. The highest BCUT2D eigenvalue weighted by Crippen LogP contribution is 1.97. The minimum absolute atomic E-state index is 0.122. The molecule has 1 aromatic rings. The fourth-order valence-corrected chi connectivity index (χ4v) is 1.31. The van der Waals surface area contributed by atoms with Crippen molar-refractivity contribution in [3.8, 4) is 0 Å². The van der Waals surface area contributed by atoms with Crippen LogP contribution in [-0.2, 0) is 16.1 Å². The summed E-state index contributed by atoms with van der Waals surface area (Å²) in [6.45, 7) is 4.04. The van der Waals surface area contributed by atoms with Gasteiger partial charge in [0, 0.05) is 13.0 Å². The molecule has 0 aliphatic carbocycles. The van der Waals surface area contributed by atoms with Crippen LogP contribution in [0.4, 0.5) is 0 Å². The molecule has 1 rings (SSSR count). The molecule has 88 valence electrons. The van der Waals surface area contributed by atoms with Gasteiger partial charge < -0.3 is 10.1 Å². The number of hydrogen-bond donors (Lipinski definition) is 1. The second-order valence-corrected chi connectivity index (χ2v) is 3.59. The van der Waals surface area contributed by atoms with E-state index in [4.69, 9.17) is 4.74 Å². The molecule has 0 saturated heterocycles. The van der Waals surface area contributed by atoms with E-state index in [0.29, 0.717) is 13.0 Å². The zero-order chi connectivity index (χ0) is 11.6. The van der Waals surface area contributed by atoms with E-state index < -0.39 is 0 Å². The molecule has 1 N–H and O–H groups in total. The van der Waals surface area contributed by atoms with Crippen molar-refractivity contribution in [1.29, 1.82) is 0 Å². The minimum Gasteiger partial charge on any atom is -0.466 e. The topological polar surface area (TPSA) is 38.3 Å². The van der Waals surface area contributed by atoms with Gasteiger partial charge in [-0.1, -0.05) is 37.3 Å². The van der Waals surface area contributed by atoms with Crippen LogP contribution in [0.15, 0.2) is 30.3 Å². The van der Waals surface area contributed by atoms with Gasteiger partial charge in [0.1, 0.15) is 0 Å². The zero-order valence-corrected chi connectivity index (χ0v) is 9.74. The van der Waals surface area contributed by atoms with Crippen LogP contribution in [0.2, 0.25) is 0 Å². The largest absolute Gasteiger partial charge is 0.466 e. The van der Waals surface area contributed by atoms with Gasteiger partial charge in [-0.25, -0.2) is 0 Å². The number of rotatable bonds is 7. The third-order valence-electron chi connectivity index (χ3n) is 2.22. The molecule has 0 spiro atoms. The lowest BCUT2D eigenvalue weighted by Crippen LogP contribution is -2.17. The molecule has 0 atom stereocenters. The van der Waals surface area contributed by atoms with E-state index in [-0.39, 0.29) is 5.97 Å². The van der Waals surface area contributed by atoms with E-state index in [1.807, 2.05) is 18.2 Å². The maximum absolute atomic E-state index is 10.8. The van der Waals surface area contributed by atoms with Gasteiger partial charge in [0.25, 0.3) is 0 Å². The number of benzene rings is 1. The molecule has 0 amide bonds. The van der Waals surface area contributed by atoms with Crippen LogP contribution in [0.3, 0.4) is 0 Å². The van der Waals surface area contributed by atoms with Gasteiger partial charge in [-0.15, -0.1) is 0 Å². The van der Waals surface area contributed by atoms with Crippen molar-refractivity contribution in [2.75, 3.05) is 13.2 Å². The quantitative estimate of drug-likeness (QED) is 0.566. The number of nitrogens with one attached hydrogen (secondary N) is 1. The fourth-order valence-electron chi connectivity index (χ4n) is 1.31. The Hall–Kier alpha value is -1.35. The number of esters is 1. The normalized spacial score (nSPS) is 10.1. The molecule has 0 aliphatic heterocycles. The second-order valence-electron chi connectivity index (χ2n) is 3.59. The third-order valence-corrected chi connectivity index (χ3v) is 2.22. The van der Waals surface area contributed by atoms with Gasteiger partial charge in [-0.2, -0.15) is 0 Å². The highest BCUT2D eigenvalue weighted by atomic mass is 16.5. The van der Waals surface area contributed by atoms with Gasteiger partial charge in [0.2, 0.25) is 0 Å². The lowest BCUT2D eigenvalue weighted by molar-refractivity contribution is -0.143. The maximum Gasteiger partial charge on any atom is 0.305 e. The van der Waals surface area contributed by atoms with E-state index >= 15 is 0 Å². The third kappa shape index (κ3) is 5.51. The van der Waals surface area contributed by atoms with E-state index in [1.165, 1.54) is 5.56 Å². The maximum atomic E-state index is 10.8. The molecule has 0 saturated carbocycles. The van der Waals surface area contributed by atoms with Crippen molar-refractivity contribution in [3.05, 3.63) is 35.9 Å². The Morgan fingerprint density at radius 3 is 2.75 bits per heavy atom. The Morgan fingerprint density at radius 1 is 1.31 bits per heavy atom. The first-order chi connectivity index (χ1) is 7.83. The predicted molar refractivity (Wildman–Crippen MR) is 64.0 cm³/mol. The van der Waals surface area contributed by atoms with Crippen molar-refractivity contribution >= 4 is 5.97 Å². The Balaban J connectivity index is 1.98. The number of carbonyl (C=O) groups excluding carboxylic acids is 1. The lowest BCUT2D eigenvalue weighted by Gasteiger charge is -2.05. The number of carbonyl (C=O) groups is 1. The molecular formula is C13H19NO2. The van der Waals surface area contributed by atoms with E-state index in [0.717, 1.165) is 19.5 Å². The van der Waals surface area contributed by atoms with Crippen LogP contribution in [0.1, 0.15) is 25.3 Å². The van der Waals surface area contributed by atoms with Crippen LogP contribution in [0.5, 0.6) is 0 Å².